The van der Waals surface area contributed by atoms with Crippen LogP contribution in [0.1, 0.15) is 41.4 Å². The zero-order valence-corrected chi connectivity index (χ0v) is 30.1. The molecule has 0 bridgehead atoms. The van der Waals surface area contributed by atoms with E-state index in [0.29, 0.717) is 16.3 Å². The number of methoxy groups -OCH3 is 1. The summed E-state index contributed by atoms with van der Waals surface area (Å²) in [6.07, 6.45) is -5.25. The maximum absolute atomic E-state index is 14.9. The quantitative estimate of drug-likeness (QED) is 0.0935. The van der Waals surface area contributed by atoms with E-state index in [0.717, 1.165) is 5.32 Å². The van der Waals surface area contributed by atoms with Gasteiger partial charge in [0.05, 0.1) is 13.2 Å². The van der Waals surface area contributed by atoms with Gasteiger partial charge < -0.3 is 35.8 Å². The fraction of sp³-hybridized carbons (Fsp3) is 0.333. The molecule has 296 valence electrons. The van der Waals surface area contributed by atoms with Crippen LogP contribution >= 0.6 is 11.6 Å². The molecule has 55 heavy (non-hydrogen) atoms. The Labute approximate surface area is 315 Å². The van der Waals surface area contributed by atoms with Crippen molar-refractivity contribution < 1.29 is 65.3 Å². The Kier molecular flexibility index (Phi) is 15.1. The molecule has 0 radical (unpaired) electrons. The maximum Gasteiger partial charge on any atom is 0.405 e. The molecule has 5 N–H and O–H groups in total. The van der Waals surface area contributed by atoms with Crippen molar-refractivity contribution in [3.63, 3.8) is 0 Å². The van der Waals surface area contributed by atoms with Crippen molar-refractivity contribution >= 4 is 47.0 Å². The Bertz CT molecular complexity index is 1860. The van der Waals surface area contributed by atoms with Crippen LogP contribution in [0.3, 0.4) is 0 Å². The normalized spacial score (nSPS) is 13.1. The number of carboxylic acid groups (broad SMARTS) is 1. The number of carboxylic acids is 1. The second-order valence-corrected chi connectivity index (χ2v) is 12.7. The minimum atomic E-state index is -5.06. The number of aliphatic carboxylic acids is 1. The topological polar surface area (TPSA) is 189 Å². The molecule has 0 aromatic heterocycles. The molecule has 3 rings (SSSR count). The first-order valence-electron chi connectivity index (χ1n) is 16.2. The van der Waals surface area contributed by atoms with Crippen LogP contribution in [-0.2, 0) is 30.4 Å². The van der Waals surface area contributed by atoms with Crippen LogP contribution in [0.15, 0.2) is 72.8 Å². The summed E-state index contributed by atoms with van der Waals surface area (Å²) >= 11 is 6.13. The Morgan fingerprint density at radius 3 is 1.98 bits per heavy atom. The summed E-state index contributed by atoms with van der Waals surface area (Å²) in [7, 11) is 1.35. The van der Waals surface area contributed by atoms with Crippen LogP contribution in [0.25, 0.3) is 0 Å². The molecule has 0 aliphatic rings. The molecular weight excluding hydrogens is 763 g/mol. The molecule has 2 unspecified atom stereocenters. The Hall–Kier alpha value is -5.78. The average Bonchev–Trinajstić information content (AvgIpc) is 3.13. The summed E-state index contributed by atoms with van der Waals surface area (Å²) in [5.74, 6) is -14.6. The van der Waals surface area contributed by atoms with Gasteiger partial charge in [0.15, 0.2) is 6.61 Å². The van der Waals surface area contributed by atoms with Crippen LogP contribution in [0.5, 0.6) is 11.5 Å². The lowest BCUT2D eigenvalue weighted by atomic mass is 9.94. The van der Waals surface area contributed by atoms with Crippen LogP contribution in [-0.4, -0.2) is 84.9 Å². The number of Topliss-reactive ketones (excluding diaryl/α,β-unsaturated/α-hetero) is 1. The molecule has 3 atom stereocenters. The van der Waals surface area contributed by atoms with Gasteiger partial charge in [-0.2, -0.15) is 22.0 Å². The molecule has 0 heterocycles. The van der Waals surface area contributed by atoms with Gasteiger partial charge in [0.1, 0.15) is 30.1 Å². The summed E-state index contributed by atoms with van der Waals surface area (Å²) < 4.78 is 77.8. The Morgan fingerprint density at radius 1 is 0.818 bits per heavy atom. The van der Waals surface area contributed by atoms with E-state index in [1.54, 1.807) is 18.2 Å². The number of carbonyl (C=O) groups excluding carboxylic acids is 5. The third-order valence-electron chi connectivity index (χ3n) is 7.72. The van der Waals surface area contributed by atoms with Gasteiger partial charge in [-0.25, -0.2) is 4.79 Å². The third-order valence-corrected chi connectivity index (χ3v) is 7.95. The van der Waals surface area contributed by atoms with E-state index in [1.807, 2.05) is 0 Å². The van der Waals surface area contributed by atoms with Gasteiger partial charge in [-0.05, 0) is 65.6 Å². The van der Waals surface area contributed by atoms with E-state index in [2.05, 4.69) is 16.0 Å². The van der Waals surface area contributed by atoms with Gasteiger partial charge in [0, 0.05) is 17.0 Å². The second-order valence-electron chi connectivity index (χ2n) is 12.2. The van der Waals surface area contributed by atoms with Crippen molar-refractivity contribution in [2.24, 2.45) is 5.92 Å². The summed E-state index contributed by atoms with van der Waals surface area (Å²) in [5.41, 5.74) is 0.530. The molecule has 3 aromatic carbocycles. The number of amides is 4. The predicted octanol–water partition coefficient (Wildman–Crippen LogP) is 4.03. The van der Waals surface area contributed by atoms with E-state index < -0.39 is 84.7 Å². The molecular formula is C36H36ClF5N4O9. The first kappa shape index (κ1) is 43.6. The molecule has 0 fully saturated rings. The standard InChI is InChI=1S/C36H36ClF5N4O9/c1-19(2)28(30(49)36(41,42)34(53)43-18-35(38,39)40)45-33(52)29(21-7-11-24(54-3)12-8-21)46-32(51)26(16-20-5-4-6-23(37)15-20)44-31(50)22-9-13-25(14-10-22)55-17-27(47)48/h4-15,19,26,28-29H,16-18H2,1-3H3,(H,43,53)(H,44,50)(H,45,52)(H,46,51)(H,47,48)/t26?,28-,29?/m0/s1. The Balaban J connectivity index is 1.95. The van der Waals surface area contributed by atoms with E-state index in [1.165, 1.54) is 75.6 Å². The number of nitrogens with one attached hydrogen (secondary N) is 4. The van der Waals surface area contributed by atoms with Gasteiger partial charge in [-0.1, -0.05) is 49.7 Å². The molecule has 0 aliphatic carbocycles. The molecule has 19 heteroatoms. The minimum absolute atomic E-state index is 0.0227. The van der Waals surface area contributed by atoms with E-state index in [4.69, 9.17) is 26.2 Å². The number of ketones is 1. The lowest BCUT2D eigenvalue weighted by molar-refractivity contribution is -0.165. The molecule has 13 nitrogen and oxygen atoms in total. The molecule has 0 aliphatic heterocycles. The number of halogens is 6. The van der Waals surface area contributed by atoms with Crippen LogP contribution in [0, 0.1) is 5.92 Å². The first-order chi connectivity index (χ1) is 25.7. The molecule has 0 saturated carbocycles. The number of alkyl halides is 5. The highest BCUT2D eigenvalue weighted by atomic mass is 35.5. The lowest BCUT2D eigenvalue weighted by Gasteiger charge is -2.28. The van der Waals surface area contributed by atoms with Crippen LogP contribution in [0.2, 0.25) is 5.02 Å². The van der Waals surface area contributed by atoms with E-state index in [-0.39, 0.29) is 23.3 Å². The lowest BCUT2D eigenvalue weighted by Crippen LogP contribution is -2.58. The second kappa shape index (κ2) is 19.0. The van der Waals surface area contributed by atoms with Crippen molar-refractivity contribution in [3.05, 3.63) is 94.5 Å². The fourth-order valence-corrected chi connectivity index (χ4v) is 5.12. The van der Waals surface area contributed by atoms with Crippen molar-refractivity contribution in [2.45, 2.75) is 50.5 Å². The zero-order chi connectivity index (χ0) is 41.1. The van der Waals surface area contributed by atoms with Gasteiger partial charge in [-0.15, -0.1) is 0 Å². The number of hydrogen-bond acceptors (Lipinski definition) is 8. The number of hydrogen-bond donors (Lipinski definition) is 5. The van der Waals surface area contributed by atoms with Gasteiger partial charge in [0.2, 0.25) is 17.6 Å². The summed E-state index contributed by atoms with van der Waals surface area (Å²) in [6.45, 7) is -0.315. The van der Waals surface area contributed by atoms with Crippen LogP contribution < -0.4 is 30.7 Å². The zero-order valence-electron chi connectivity index (χ0n) is 29.3. The Morgan fingerprint density at radius 2 is 1.44 bits per heavy atom. The summed E-state index contributed by atoms with van der Waals surface area (Å²) in [4.78, 5) is 77.0. The van der Waals surface area contributed by atoms with Crippen molar-refractivity contribution in [1.82, 2.24) is 21.3 Å². The average molecular weight is 799 g/mol. The SMILES string of the molecule is COc1ccc(C(NC(=O)C(Cc2cccc(Cl)c2)NC(=O)c2ccc(OCC(=O)O)cc2)C(=O)N[C@H](C(=O)C(F)(F)C(=O)NCC(F)(F)F)C(C)C)cc1. The summed E-state index contributed by atoms with van der Waals surface area (Å²) in [5, 5.41) is 17.2. The third kappa shape index (κ3) is 12.9. The highest BCUT2D eigenvalue weighted by Crippen LogP contribution is 2.24. The number of rotatable bonds is 18. The van der Waals surface area contributed by atoms with Gasteiger partial charge in [-0.3, -0.25) is 24.0 Å². The highest BCUT2D eigenvalue weighted by Gasteiger charge is 2.52. The molecule has 3 aromatic rings. The highest BCUT2D eigenvalue weighted by molar-refractivity contribution is 6.30. The fourth-order valence-electron chi connectivity index (χ4n) is 4.91. The molecule has 4 amide bonds. The predicted molar refractivity (Wildman–Crippen MR) is 186 cm³/mol. The number of carbonyl (C=O) groups is 6. The smallest absolute Gasteiger partial charge is 0.405 e. The maximum atomic E-state index is 14.9. The molecule has 0 spiro atoms. The van der Waals surface area contributed by atoms with Crippen LogP contribution in [0.4, 0.5) is 22.0 Å². The van der Waals surface area contributed by atoms with E-state index in [9.17, 15) is 50.7 Å². The summed E-state index contributed by atoms with van der Waals surface area (Å²) in [6, 6.07) is 11.7. The van der Waals surface area contributed by atoms with E-state index >= 15 is 0 Å². The minimum Gasteiger partial charge on any atom is -0.497 e. The number of benzene rings is 3. The van der Waals surface area contributed by atoms with Gasteiger partial charge in [0.25, 0.3) is 11.8 Å². The van der Waals surface area contributed by atoms with Crippen molar-refractivity contribution in [1.29, 1.82) is 0 Å². The largest absolute Gasteiger partial charge is 0.497 e. The van der Waals surface area contributed by atoms with Crippen molar-refractivity contribution in [2.75, 3.05) is 20.3 Å². The first-order valence-corrected chi connectivity index (χ1v) is 16.6. The number of ether oxygens (including phenoxy) is 2. The monoisotopic (exact) mass is 798 g/mol. The van der Waals surface area contributed by atoms with Gasteiger partial charge >= 0.3 is 18.1 Å². The molecule has 0 saturated heterocycles. The van der Waals surface area contributed by atoms with Crippen molar-refractivity contribution in [3.8, 4) is 11.5 Å².